The molecule has 0 unspecified atom stereocenters. The molecule has 0 aliphatic carbocycles. The molecule has 0 aliphatic heterocycles. The molecule has 19 heavy (non-hydrogen) atoms. The van der Waals surface area contributed by atoms with Crippen molar-refractivity contribution in [1.82, 2.24) is 9.78 Å². The monoisotopic (exact) mass is 261 g/mol. The van der Waals surface area contributed by atoms with E-state index >= 15 is 0 Å². The number of aliphatic hydroxyl groups excluding tert-OH is 1. The van der Waals surface area contributed by atoms with E-state index in [1.807, 2.05) is 0 Å². The molecule has 0 spiro atoms. The number of anilines is 1. The number of carbonyl (C=O) groups excluding carboxylic acids is 1. The zero-order valence-electron chi connectivity index (χ0n) is 10.5. The van der Waals surface area contributed by atoms with Crippen molar-refractivity contribution in [3.05, 3.63) is 29.8 Å². The summed E-state index contributed by atoms with van der Waals surface area (Å²) in [5, 5.41) is 13.2. The van der Waals surface area contributed by atoms with Crippen LogP contribution in [0.5, 0.6) is 5.75 Å². The Balaban J connectivity index is 2.47. The van der Waals surface area contributed by atoms with Crippen molar-refractivity contribution in [1.29, 1.82) is 0 Å². The second kappa shape index (κ2) is 5.53. The van der Waals surface area contributed by atoms with Crippen molar-refractivity contribution in [2.75, 3.05) is 19.5 Å². The molecule has 2 aromatic rings. The molecule has 2 rings (SSSR count). The number of carbonyl (C=O) groups is 1. The molecule has 1 aromatic heterocycles. The van der Waals surface area contributed by atoms with E-state index in [4.69, 9.17) is 15.6 Å². The van der Waals surface area contributed by atoms with Crippen LogP contribution in [0.1, 0.15) is 10.4 Å². The number of nitrogens with zero attached hydrogens (tertiary/aromatic N) is 2. The van der Waals surface area contributed by atoms with Crippen LogP contribution in [0.25, 0.3) is 11.3 Å². The first-order chi connectivity index (χ1) is 9.21. The lowest BCUT2D eigenvalue weighted by atomic mass is 10.1. The number of rotatable bonds is 5. The maximum absolute atomic E-state index is 11.1. The van der Waals surface area contributed by atoms with Crippen molar-refractivity contribution in [2.45, 2.75) is 6.54 Å². The Morgan fingerprint density at radius 3 is 2.63 bits per heavy atom. The molecule has 6 heteroatoms. The highest BCUT2D eigenvalue weighted by Gasteiger charge is 2.16. The van der Waals surface area contributed by atoms with Gasteiger partial charge in [-0.15, -0.1) is 0 Å². The summed E-state index contributed by atoms with van der Waals surface area (Å²) in [6.45, 7) is 0.162. The Kier molecular flexibility index (Phi) is 3.82. The quantitative estimate of drug-likeness (QED) is 0.782. The van der Waals surface area contributed by atoms with Gasteiger partial charge >= 0.3 is 0 Å². The van der Waals surface area contributed by atoms with Crippen LogP contribution in [0.15, 0.2) is 24.3 Å². The Hall–Kier alpha value is -2.34. The van der Waals surface area contributed by atoms with Gasteiger partial charge in [0, 0.05) is 5.56 Å². The van der Waals surface area contributed by atoms with Gasteiger partial charge in [-0.1, -0.05) is 0 Å². The van der Waals surface area contributed by atoms with E-state index in [-0.39, 0.29) is 19.0 Å². The number of benzene rings is 1. The van der Waals surface area contributed by atoms with Gasteiger partial charge in [0.1, 0.15) is 17.3 Å². The largest absolute Gasteiger partial charge is 0.497 e. The summed E-state index contributed by atoms with van der Waals surface area (Å²) < 4.78 is 6.50. The molecule has 100 valence electrons. The predicted octanol–water partition coefficient (Wildman–Crippen LogP) is 0.946. The Morgan fingerprint density at radius 1 is 1.42 bits per heavy atom. The molecule has 3 N–H and O–H groups in total. The van der Waals surface area contributed by atoms with Crippen LogP contribution in [0.4, 0.5) is 5.82 Å². The van der Waals surface area contributed by atoms with Crippen LogP contribution in [0, 0.1) is 0 Å². The molecule has 0 bridgehead atoms. The van der Waals surface area contributed by atoms with E-state index in [9.17, 15) is 4.79 Å². The number of aldehydes is 1. The van der Waals surface area contributed by atoms with Gasteiger partial charge in [0.2, 0.25) is 0 Å². The molecule has 6 nitrogen and oxygen atoms in total. The Morgan fingerprint density at radius 2 is 2.11 bits per heavy atom. The average molecular weight is 261 g/mol. The number of aliphatic hydroxyl groups is 1. The highest BCUT2D eigenvalue weighted by molar-refractivity contribution is 5.91. The van der Waals surface area contributed by atoms with Crippen LogP contribution in [-0.2, 0) is 6.54 Å². The van der Waals surface area contributed by atoms with Crippen LogP contribution in [0.3, 0.4) is 0 Å². The molecule has 0 aliphatic rings. The molecule has 0 saturated carbocycles. The lowest BCUT2D eigenvalue weighted by Gasteiger charge is -2.01. The van der Waals surface area contributed by atoms with E-state index in [1.165, 1.54) is 4.68 Å². The summed E-state index contributed by atoms with van der Waals surface area (Å²) in [7, 11) is 1.58. The Bertz CT molecular complexity index is 576. The van der Waals surface area contributed by atoms with Crippen molar-refractivity contribution < 1.29 is 14.6 Å². The number of ether oxygens (including phenoxy) is 1. The zero-order chi connectivity index (χ0) is 13.8. The highest BCUT2D eigenvalue weighted by atomic mass is 16.5. The molecule has 0 saturated heterocycles. The summed E-state index contributed by atoms with van der Waals surface area (Å²) in [5.74, 6) is 0.981. The third-order valence-corrected chi connectivity index (χ3v) is 2.82. The minimum Gasteiger partial charge on any atom is -0.497 e. The predicted molar refractivity (Wildman–Crippen MR) is 71.1 cm³/mol. The summed E-state index contributed by atoms with van der Waals surface area (Å²) in [6.07, 6.45) is 0.676. The number of methoxy groups -OCH3 is 1. The van der Waals surface area contributed by atoms with Gasteiger partial charge < -0.3 is 15.6 Å². The average Bonchev–Trinajstić information content (AvgIpc) is 2.76. The summed E-state index contributed by atoms with van der Waals surface area (Å²) in [5.41, 5.74) is 7.43. The standard InChI is InChI=1S/C13H15N3O3/c1-19-10-4-2-9(3-5-10)12-11(8-18)13(14)16(15-12)6-7-17/h2-5,8,17H,6-7,14H2,1H3. The fourth-order valence-corrected chi connectivity index (χ4v) is 1.83. The molecular formula is C13H15N3O3. The molecule has 0 fully saturated rings. The lowest BCUT2D eigenvalue weighted by molar-refractivity contribution is 0.112. The van der Waals surface area contributed by atoms with Crippen LogP contribution in [-0.4, -0.2) is 34.9 Å². The zero-order valence-corrected chi connectivity index (χ0v) is 10.5. The van der Waals surface area contributed by atoms with Crippen molar-refractivity contribution >= 4 is 12.1 Å². The van der Waals surface area contributed by atoms with Gasteiger partial charge in [-0.3, -0.25) is 4.79 Å². The van der Waals surface area contributed by atoms with E-state index in [0.29, 0.717) is 17.5 Å². The fraction of sp³-hybridized carbons (Fsp3) is 0.231. The van der Waals surface area contributed by atoms with Crippen molar-refractivity contribution in [3.63, 3.8) is 0 Å². The van der Waals surface area contributed by atoms with Gasteiger partial charge in [-0.2, -0.15) is 5.10 Å². The number of hydrogen-bond acceptors (Lipinski definition) is 5. The van der Waals surface area contributed by atoms with Gasteiger partial charge in [0.25, 0.3) is 0 Å². The minimum absolute atomic E-state index is 0.0910. The maximum Gasteiger partial charge on any atom is 0.156 e. The lowest BCUT2D eigenvalue weighted by Crippen LogP contribution is -2.08. The third kappa shape index (κ3) is 2.43. The molecule has 1 heterocycles. The van der Waals surface area contributed by atoms with Gasteiger partial charge in [0.15, 0.2) is 6.29 Å². The third-order valence-electron chi connectivity index (χ3n) is 2.82. The fourth-order valence-electron chi connectivity index (χ4n) is 1.83. The maximum atomic E-state index is 11.1. The highest BCUT2D eigenvalue weighted by Crippen LogP contribution is 2.27. The topological polar surface area (TPSA) is 90.4 Å². The van der Waals surface area contributed by atoms with Crippen LogP contribution >= 0.6 is 0 Å². The molecular weight excluding hydrogens is 246 g/mol. The Labute approximate surface area is 110 Å². The molecule has 0 radical (unpaired) electrons. The first kappa shape index (κ1) is 13.1. The van der Waals surface area contributed by atoms with Gasteiger partial charge in [0.05, 0.1) is 25.8 Å². The number of aromatic nitrogens is 2. The first-order valence-corrected chi connectivity index (χ1v) is 5.78. The van der Waals surface area contributed by atoms with Crippen LogP contribution < -0.4 is 10.5 Å². The van der Waals surface area contributed by atoms with Gasteiger partial charge in [-0.25, -0.2) is 4.68 Å². The molecule has 0 amide bonds. The van der Waals surface area contributed by atoms with E-state index < -0.39 is 0 Å². The summed E-state index contributed by atoms with van der Waals surface area (Å²) >= 11 is 0. The summed E-state index contributed by atoms with van der Waals surface area (Å²) in [6, 6.07) is 7.17. The summed E-state index contributed by atoms with van der Waals surface area (Å²) in [4.78, 5) is 11.1. The first-order valence-electron chi connectivity index (χ1n) is 5.78. The number of nitrogen functional groups attached to an aromatic ring is 1. The smallest absolute Gasteiger partial charge is 0.156 e. The molecule has 1 aromatic carbocycles. The normalized spacial score (nSPS) is 10.4. The minimum atomic E-state index is -0.0910. The van der Waals surface area contributed by atoms with Crippen molar-refractivity contribution in [2.24, 2.45) is 0 Å². The van der Waals surface area contributed by atoms with E-state index in [2.05, 4.69) is 5.10 Å². The second-order valence-corrected chi connectivity index (χ2v) is 3.94. The van der Waals surface area contributed by atoms with E-state index in [0.717, 1.165) is 11.3 Å². The van der Waals surface area contributed by atoms with E-state index in [1.54, 1.807) is 31.4 Å². The molecule has 0 atom stereocenters. The SMILES string of the molecule is COc1ccc(-c2nn(CCO)c(N)c2C=O)cc1. The number of hydrogen-bond donors (Lipinski definition) is 2. The van der Waals surface area contributed by atoms with Crippen molar-refractivity contribution in [3.8, 4) is 17.0 Å². The van der Waals surface area contributed by atoms with Gasteiger partial charge in [-0.05, 0) is 24.3 Å². The van der Waals surface area contributed by atoms with Crippen LogP contribution in [0.2, 0.25) is 0 Å². The number of nitrogens with two attached hydrogens (primary N) is 1. The second-order valence-electron chi connectivity index (χ2n) is 3.94.